The van der Waals surface area contributed by atoms with E-state index in [-0.39, 0.29) is 18.1 Å². The molecule has 0 unspecified atom stereocenters. The van der Waals surface area contributed by atoms with Gasteiger partial charge in [0.1, 0.15) is 17.3 Å². The van der Waals surface area contributed by atoms with E-state index in [1.165, 1.54) is 6.07 Å². The second-order valence-electron chi connectivity index (χ2n) is 6.80. The highest BCUT2D eigenvalue weighted by atomic mass is 19.1. The largest absolute Gasteiger partial charge is 0.496 e. The minimum atomic E-state index is -0.335. The highest BCUT2D eigenvalue weighted by Crippen LogP contribution is 2.47. The van der Waals surface area contributed by atoms with Gasteiger partial charge in [-0.05, 0) is 55.2 Å². The van der Waals surface area contributed by atoms with Gasteiger partial charge < -0.3 is 14.4 Å². The van der Waals surface area contributed by atoms with Gasteiger partial charge in [0, 0.05) is 12.1 Å². The molecule has 3 rings (SSSR count). The molecule has 144 valence electrons. The molecule has 4 nitrogen and oxygen atoms in total. The molecule has 0 radical (unpaired) electrons. The Labute approximate surface area is 159 Å². The Bertz CT molecular complexity index is 867. The van der Waals surface area contributed by atoms with Crippen molar-refractivity contribution < 1.29 is 18.7 Å². The third-order valence-corrected chi connectivity index (χ3v) is 5.20. The Balaban J connectivity index is 2.34. The van der Waals surface area contributed by atoms with Gasteiger partial charge in [-0.1, -0.05) is 13.3 Å². The fourth-order valence-electron chi connectivity index (χ4n) is 3.92. The molecule has 1 aliphatic heterocycles. The van der Waals surface area contributed by atoms with Crippen molar-refractivity contribution in [1.29, 1.82) is 0 Å². The van der Waals surface area contributed by atoms with E-state index in [0.717, 1.165) is 24.0 Å². The molecule has 1 heterocycles. The maximum atomic E-state index is 14.8. The first-order valence-electron chi connectivity index (χ1n) is 9.34. The second-order valence-corrected chi connectivity index (χ2v) is 6.80. The minimum absolute atomic E-state index is 0.0145. The van der Waals surface area contributed by atoms with Crippen molar-refractivity contribution in [3.8, 4) is 22.6 Å². The number of ether oxygens (including phenoxy) is 2. The van der Waals surface area contributed by atoms with E-state index in [0.29, 0.717) is 40.4 Å². The van der Waals surface area contributed by atoms with Crippen LogP contribution in [0.3, 0.4) is 0 Å². The Morgan fingerprint density at radius 2 is 1.70 bits per heavy atom. The van der Waals surface area contributed by atoms with Crippen molar-refractivity contribution in [2.24, 2.45) is 0 Å². The molecule has 0 atom stereocenters. The molecule has 27 heavy (non-hydrogen) atoms. The number of carbonyl (C=O) groups excluding carboxylic acids is 1. The highest BCUT2D eigenvalue weighted by Gasteiger charge is 2.33. The fourth-order valence-corrected chi connectivity index (χ4v) is 3.92. The molecule has 0 aromatic heterocycles. The molecule has 5 heteroatoms. The van der Waals surface area contributed by atoms with Gasteiger partial charge in [0.05, 0.1) is 31.9 Å². The number of carbonyl (C=O) groups is 1. The summed E-state index contributed by atoms with van der Waals surface area (Å²) in [5, 5.41) is 0. The molecular formula is C22H26FNO3. The second kappa shape index (κ2) is 7.59. The molecular weight excluding hydrogens is 345 g/mol. The van der Waals surface area contributed by atoms with Crippen LogP contribution in [0.5, 0.6) is 11.5 Å². The molecule has 1 amide bonds. The number of hydrogen-bond donors (Lipinski definition) is 0. The highest BCUT2D eigenvalue weighted by molar-refractivity contribution is 6.05. The Morgan fingerprint density at radius 1 is 1.07 bits per heavy atom. The van der Waals surface area contributed by atoms with Crippen molar-refractivity contribution in [3.05, 3.63) is 40.7 Å². The third-order valence-electron chi connectivity index (χ3n) is 5.20. The zero-order valence-corrected chi connectivity index (χ0v) is 16.6. The van der Waals surface area contributed by atoms with Gasteiger partial charge in [-0.3, -0.25) is 4.79 Å². The van der Waals surface area contributed by atoms with Gasteiger partial charge in [-0.2, -0.15) is 0 Å². The number of rotatable bonds is 6. The topological polar surface area (TPSA) is 38.8 Å². The van der Waals surface area contributed by atoms with Crippen LogP contribution in [0.2, 0.25) is 0 Å². The summed E-state index contributed by atoms with van der Waals surface area (Å²) in [5.74, 6) is 0.921. The Kier molecular flexibility index (Phi) is 5.40. The van der Waals surface area contributed by atoms with Gasteiger partial charge in [-0.25, -0.2) is 4.39 Å². The zero-order valence-electron chi connectivity index (χ0n) is 16.6. The van der Waals surface area contributed by atoms with E-state index in [1.807, 2.05) is 19.1 Å². The van der Waals surface area contributed by atoms with Crippen LogP contribution in [0, 0.1) is 12.7 Å². The summed E-state index contributed by atoms with van der Waals surface area (Å²) >= 11 is 0. The quantitative estimate of drug-likeness (QED) is 0.740. The SMILES string of the molecule is CCCc1cc(OC)c(-c2c(C)c(F)cc3c2CC(=O)N3CC)c(OC)c1. The maximum absolute atomic E-state index is 14.8. The van der Waals surface area contributed by atoms with Gasteiger partial charge in [0.15, 0.2) is 0 Å². The van der Waals surface area contributed by atoms with Crippen LogP contribution in [0.4, 0.5) is 10.1 Å². The molecule has 2 aromatic rings. The maximum Gasteiger partial charge on any atom is 0.231 e. The number of nitrogens with zero attached hydrogens (tertiary/aromatic N) is 1. The van der Waals surface area contributed by atoms with Crippen LogP contribution in [0.25, 0.3) is 11.1 Å². The smallest absolute Gasteiger partial charge is 0.231 e. The molecule has 2 aromatic carbocycles. The Hall–Kier alpha value is -2.56. The van der Waals surface area contributed by atoms with Crippen molar-refractivity contribution in [2.75, 3.05) is 25.7 Å². The number of fused-ring (bicyclic) bond motifs is 1. The molecule has 1 aliphatic rings. The van der Waals surface area contributed by atoms with Crippen molar-refractivity contribution in [3.63, 3.8) is 0 Å². The van der Waals surface area contributed by atoms with Gasteiger partial charge >= 0.3 is 0 Å². The van der Waals surface area contributed by atoms with Crippen LogP contribution < -0.4 is 14.4 Å². The number of amides is 1. The van der Waals surface area contributed by atoms with Crippen molar-refractivity contribution >= 4 is 11.6 Å². The molecule has 0 saturated carbocycles. The van der Waals surface area contributed by atoms with Gasteiger partial charge in [0.25, 0.3) is 0 Å². The summed E-state index contributed by atoms with van der Waals surface area (Å²) in [6.45, 7) is 6.26. The normalized spacial score (nSPS) is 13.1. The number of halogens is 1. The zero-order chi connectivity index (χ0) is 19.7. The number of benzene rings is 2. The number of methoxy groups -OCH3 is 2. The van der Waals surface area contributed by atoms with Gasteiger partial charge in [-0.15, -0.1) is 0 Å². The molecule has 0 fully saturated rings. The summed E-state index contributed by atoms with van der Waals surface area (Å²) < 4.78 is 26.1. The first kappa shape index (κ1) is 19.2. The van der Waals surface area contributed by atoms with Crippen LogP contribution in [-0.4, -0.2) is 26.7 Å². The number of aryl methyl sites for hydroxylation is 1. The third kappa shape index (κ3) is 3.15. The van der Waals surface area contributed by atoms with Gasteiger partial charge in [0.2, 0.25) is 5.91 Å². The summed E-state index contributed by atoms with van der Waals surface area (Å²) in [6.07, 6.45) is 2.15. The predicted octanol–water partition coefficient (Wildman–Crippen LogP) is 4.68. The number of likely N-dealkylation sites (N-methyl/N-ethyl adjacent to an activating group) is 1. The summed E-state index contributed by atoms with van der Waals surface area (Å²) in [5.41, 5.74) is 4.49. The van der Waals surface area contributed by atoms with Crippen LogP contribution in [0.15, 0.2) is 18.2 Å². The lowest BCUT2D eigenvalue weighted by Crippen LogP contribution is -2.25. The first-order valence-corrected chi connectivity index (χ1v) is 9.34. The standard InChI is InChI=1S/C22H26FNO3/c1-6-8-14-9-18(26-4)22(19(10-14)27-5)21-13(3)16(23)12-17-15(21)11-20(25)24(17)7-2/h9-10,12H,6-8,11H2,1-5H3. The lowest BCUT2D eigenvalue weighted by Gasteiger charge is -2.21. The van der Waals surface area contributed by atoms with Crippen LogP contribution in [0.1, 0.15) is 37.0 Å². The lowest BCUT2D eigenvalue weighted by atomic mass is 9.90. The molecule has 0 bridgehead atoms. The van der Waals surface area contributed by atoms with Crippen molar-refractivity contribution in [2.45, 2.75) is 40.0 Å². The lowest BCUT2D eigenvalue weighted by molar-refractivity contribution is -0.117. The van der Waals surface area contributed by atoms with Crippen LogP contribution in [-0.2, 0) is 17.6 Å². The molecule has 0 N–H and O–H groups in total. The average Bonchev–Trinajstić information content (AvgIpc) is 2.97. The monoisotopic (exact) mass is 371 g/mol. The summed E-state index contributed by atoms with van der Waals surface area (Å²) in [4.78, 5) is 14.1. The van der Waals surface area contributed by atoms with E-state index < -0.39 is 0 Å². The summed E-state index contributed by atoms with van der Waals surface area (Å²) in [7, 11) is 3.21. The Morgan fingerprint density at radius 3 is 2.22 bits per heavy atom. The average molecular weight is 371 g/mol. The van der Waals surface area contributed by atoms with Crippen molar-refractivity contribution in [1.82, 2.24) is 0 Å². The van der Waals surface area contributed by atoms with E-state index in [2.05, 4.69) is 6.92 Å². The number of hydrogen-bond acceptors (Lipinski definition) is 3. The van der Waals surface area contributed by atoms with E-state index in [9.17, 15) is 9.18 Å². The predicted molar refractivity (Wildman–Crippen MR) is 105 cm³/mol. The summed E-state index contributed by atoms with van der Waals surface area (Å²) in [6, 6.07) is 5.42. The van der Waals surface area contributed by atoms with E-state index in [4.69, 9.17) is 9.47 Å². The fraction of sp³-hybridized carbons (Fsp3) is 0.409. The molecule has 0 aliphatic carbocycles. The minimum Gasteiger partial charge on any atom is -0.496 e. The van der Waals surface area contributed by atoms with Crippen LogP contribution >= 0.6 is 0 Å². The molecule has 0 spiro atoms. The molecule has 0 saturated heterocycles. The van der Waals surface area contributed by atoms with E-state index >= 15 is 0 Å². The number of anilines is 1. The first-order chi connectivity index (χ1) is 13.0. The van der Waals surface area contributed by atoms with E-state index in [1.54, 1.807) is 26.0 Å².